The van der Waals surface area contributed by atoms with Crippen LogP contribution in [0.3, 0.4) is 0 Å². The molecule has 0 bridgehead atoms. The average molecular weight is 409 g/mol. The van der Waals surface area contributed by atoms with E-state index in [1.54, 1.807) is 0 Å². The third-order valence-corrected chi connectivity index (χ3v) is 5.06. The molecule has 24 heavy (non-hydrogen) atoms. The van der Waals surface area contributed by atoms with Crippen molar-refractivity contribution in [2.75, 3.05) is 19.6 Å². The third-order valence-electron chi connectivity index (χ3n) is 3.81. The second-order valence-electron chi connectivity index (χ2n) is 5.44. The highest BCUT2D eigenvalue weighted by Gasteiger charge is 2.23. The summed E-state index contributed by atoms with van der Waals surface area (Å²) in [4.78, 5) is 18.9. The van der Waals surface area contributed by atoms with Crippen LogP contribution in [0.1, 0.15) is 12.6 Å². The minimum absolute atomic E-state index is 0. The predicted octanol–water partition coefficient (Wildman–Crippen LogP) is 3.67. The number of halogens is 3. The molecule has 2 aromatic rings. The second-order valence-corrected chi connectivity index (χ2v) is 6.71. The summed E-state index contributed by atoms with van der Waals surface area (Å²) in [5, 5.41) is 6.79. The molecule has 0 radical (unpaired) electrons. The summed E-state index contributed by atoms with van der Waals surface area (Å²) in [5.41, 5.74) is 1.74. The summed E-state index contributed by atoms with van der Waals surface area (Å²) in [5.74, 6) is 0.144. The van der Waals surface area contributed by atoms with Crippen LogP contribution in [0.15, 0.2) is 29.6 Å². The first-order valence-electron chi connectivity index (χ1n) is 7.34. The van der Waals surface area contributed by atoms with Gasteiger partial charge in [-0.05, 0) is 13.0 Å². The van der Waals surface area contributed by atoms with E-state index in [1.807, 2.05) is 34.5 Å². The van der Waals surface area contributed by atoms with E-state index in [0.29, 0.717) is 11.4 Å². The van der Waals surface area contributed by atoms with Crippen molar-refractivity contribution in [3.8, 4) is 10.6 Å². The van der Waals surface area contributed by atoms with E-state index in [9.17, 15) is 4.79 Å². The molecule has 4 nitrogen and oxygen atoms in total. The summed E-state index contributed by atoms with van der Waals surface area (Å²) in [6, 6.07) is 7.88. The lowest BCUT2D eigenvalue weighted by Gasteiger charge is -2.33. The summed E-state index contributed by atoms with van der Waals surface area (Å²) >= 11 is 7.73. The number of aromatic nitrogens is 1. The number of nitrogens with one attached hydrogen (secondary N) is 1. The van der Waals surface area contributed by atoms with Crippen molar-refractivity contribution in [3.05, 3.63) is 40.4 Å². The maximum absolute atomic E-state index is 12.4. The summed E-state index contributed by atoms with van der Waals surface area (Å²) in [7, 11) is 0. The van der Waals surface area contributed by atoms with Gasteiger partial charge in [-0.3, -0.25) is 4.79 Å². The number of benzene rings is 1. The molecular weight excluding hydrogens is 389 g/mol. The molecule has 0 saturated carbocycles. The SMILES string of the molecule is C[C@H]1CNCCN1C(=O)Cc1csc(-c2ccccc2Cl)n1.Cl.Cl. The van der Waals surface area contributed by atoms with Crippen molar-refractivity contribution in [1.82, 2.24) is 15.2 Å². The molecule has 1 fully saturated rings. The molecule has 1 atom stereocenters. The molecule has 2 heterocycles. The first kappa shape index (κ1) is 21.2. The van der Waals surface area contributed by atoms with Gasteiger partial charge >= 0.3 is 0 Å². The van der Waals surface area contributed by atoms with E-state index in [-0.39, 0.29) is 36.8 Å². The molecule has 1 aliphatic rings. The van der Waals surface area contributed by atoms with Gasteiger partial charge in [0.25, 0.3) is 0 Å². The van der Waals surface area contributed by atoms with Gasteiger partial charge in [0.2, 0.25) is 5.91 Å². The zero-order valence-corrected chi connectivity index (χ0v) is 16.4. The molecule has 1 aliphatic heterocycles. The zero-order valence-electron chi connectivity index (χ0n) is 13.2. The fraction of sp³-hybridized carbons (Fsp3) is 0.375. The molecule has 1 aromatic heterocycles. The summed E-state index contributed by atoms with van der Waals surface area (Å²) in [6.45, 7) is 4.55. The summed E-state index contributed by atoms with van der Waals surface area (Å²) in [6.07, 6.45) is 0.352. The fourth-order valence-electron chi connectivity index (χ4n) is 2.61. The quantitative estimate of drug-likeness (QED) is 0.843. The molecular formula is C16H20Cl3N3OS. The Morgan fingerprint density at radius 3 is 2.88 bits per heavy atom. The Morgan fingerprint density at radius 1 is 1.42 bits per heavy atom. The number of hydrogen-bond donors (Lipinski definition) is 1. The van der Waals surface area contributed by atoms with E-state index in [4.69, 9.17) is 11.6 Å². The number of hydrogen-bond acceptors (Lipinski definition) is 4. The molecule has 1 aromatic carbocycles. The highest BCUT2D eigenvalue weighted by atomic mass is 35.5. The highest BCUT2D eigenvalue weighted by Crippen LogP contribution is 2.30. The van der Waals surface area contributed by atoms with Gasteiger partial charge in [0.15, 0.2) is 0 Å². The molecule has 1 N–H and O–H groups in total. The van der Waals surface area contributed by atoms with E-state index >= 15 is 0 Å². The number of amides is 1. The van der Waals surface area contributed by atoms with Crippen LogP contribution in [-0.4, -0.2) is 41.5 Å². The van der Waals surface area contributed by atoms with Gasteiger partial charge in [-0.1, -0.05) is 29.8 Å². The Balaban J connectivity index is 0.00000144. The molecule has 1 amide bonds. The average Bonchev–Trinajstić information content (AvgIpc) is 2.96. The topological polar surface area (TPSA) is 45.2 Å². The van der Waals surface area contributed by atoms with Gasteiger partial charge in [-0.25, -0.2) is 4.98 Å². The van der Waals surface area contributed by atoms with Gasteiger partial charge < -0.3 is 10.2 Å². The number of carbonyl (C=O) groups excluding carboxylic acids is 1. The monoisotopic (exact) mass is 407 g/mol. The lowest BCUT2D eigenvalue weighted by molar-refractivity contribution is -0.133. The van der Waals surface area contributed by atoms with Gasteiger partial charge in [0, 0.05) is 36.6 Å². The predicted molar refractivity (Wildman–Crippen MR) is 105 cm³/mol. The highest BCUT2D eigenvalue weighted by molar-refractivity contribution is 7.13. The van der Waals surface area contributed by atoms with Crippen molar-refractivity contribution in [1.29, 1.82) is 0 Å². The van der Waals surface area contributed by atoms with Crippen molar-refractivity contribution in [2.45, 2.75) is 19.4 Å². The van der Waals surface area contributed by atoms with Crippen LogP contribution in [0.25, 0.3) is 10.6 Å². The van der Waals surface area contributed by atoms with Gasteiger partial charge in [0.1, 0.15) is 5.01 Å². The normalized spacial score (nSPS) is 16.9. The van der Waals surface area contributed by atoms with Crippen molar-refractivity contribution < 1.29 is 4.79 Å². The Labute approximate surface area is 163 Å². The molecule has 0 unspecified atom stereocenters. The number of rotatable bonds is 3. The van der Waals surface area contributed by atoms with Gasteiger partial charge in [-0.2, -0.15) is 0 Å². The minimum Gasteiger partial charge on any atom is -0.337 e. The minimum atomic E-state index is 0. The van der Waals surface area contributed by atoms with Crippen molar-refractivity contribution in [3.63, 3.8) is 0 Å². The van der Waals surface area contributed by atoms with Crippen LogP contribution in [0.4, 0.5) is 0 Å². The number of nitrogens with zero attached hydrogens (tertiary/aromatic N) is 2. The van der Waals surface area contributed by atoms with E-state index in [1.165, 1.54) is 11.3 Å². The Morgan fingerprint density at radius 2 is 2.17 bits per heavy atom. The molecule has 8 heteroatoms. The van der Waals surface area contributed by atoms with E-state index in [2.05, 4.69) is 17.2 Å². The zero-order chi connectivity index (χ0) is 15.5. The molecule has 3 rings (SSSR count). The number of thiazole rings is 1. The molecule has 1 saturated heterocycles. The third kappa shape index (κ3) is 4.83. The first-order valence-corrected chi connectivity index (χ1v) is 8.60. The molecule has 132 valence electrons. The number of piperazine rings is 1. The lowest BCUT2D eigenvalue weighted by Crippen LogP contribution is -2.52. The summed E-state index contributed by atoms with van der Waals surface area (Å²) < 4.78 is 0. The first-order chi connectivity index (χ1) is 10.6. The van der Waals surface area contributed by atoms with Crippen LogP contribution in [0.2, 0.25) is 5.02 Å². The van der Waals surface area contributed by atoms with Gasteiger partial charge in [0.05, 0.1) is 17.1 Å². The van der Waals surface area contributed by atoms with Crippen LogP contribution >= 0.6 is 47.8 Å². The number of carbonyl (C=O) groups is 1. The van der Waals surface area contributed by atoms with Crippen molar-refractivity contribution in [2.24, 2.45) is 0 Å². The smallest absolute Gasteiger partial charge is 0.228 e. The molecule has 0 aliphatic carbocycles. The van der Waals surface area contributed by atoms with E-state index in [0.717, 1.165) is 35.9 Å². The van der Waals surface area contributed by atoms with Crippen molar-refractivity contribution >= 4 is 53.7 Å². The van der Waals surface area contributed by atoms with Crippen LogP contribution < -0.4 is 5.32 Å². The maximum Gasteiger partial charge on any atom is 0.228 e. The Hall–Kier alpha value is -0.850. The largest absolute Gasteiger partial charge is 0.337 e. The van der Waals surface area contributed by atoms with Crippen LogP contribution in [0.5, 0.6) is 0 Å². The second kappa shape index (κ2) is 9.59. The lowest BCUT2D eigenvalue weighted by atomic mass is 10.2. The fourth-order valence-corrected chi connectivity index (χ4v) is 3.75. The van der Waals surface area contributed by atoms with Crippen LogP contribution in [-0.2, 0) is 11.2 Å². The Bertz CT molecular complexity index is 680. The van der Waals surface area contributed by atoms with Crippen LogP contribution in [0, 0.1) is 0 Å². The maximum atomic E-state index is 12.4. The van der Waals surface area contributed by atoms with Gasteiger partial charge in [-0.15, -0.1) is 36.2 Å². The van der Waals surface area contributed by atoms with E-state index < -0.39 is 0 Å². The molecule has 0 spiro atoms. The standard InChI is InChI=1S/C16H18ClN3OS.2ClH/c1-11-9-18-6-7-20(11)15(21)8-12-10-22-16(19-12)13-4-2-3-5-14(13)17;;/h2-5,10-11,18H,6-9H2,1H3;2*1H/t11-;;/m0../s1. The Kier molecular flexibility index (Phi) is 8.46.